The van der Waals surface area contributed by atoms with Gasteiger partial charge >= 0.3 is 0 Å². The SMILES string of the molecule is Nc1ccccc1NC(=O)CCCC(=O)NCc1ccccc1-c1ccc([C@H]2O[C@@H](CN3CCC[C@H]3CO)C[C@@H](c3ccc(CO)cc3)O2)cc1. The number of hydrogen-bond acceptors (Lipinski definition) is 8. The number of carbonyl (C=O) groups excluding carboxylic acids is 2. The van der Waals surface area contributed by atoms with Crippen molar-refractivity contribution in [3.8, 4) is 11.1 Å². The zero-order chi connectivity index (χ0) is 35.6. The number of para-hydroxylation sites is 2. The minimum Gasteiger partial charge on any atom is -0.397 e. The van der Waals surface area contributed by atoms with Crippen molar-refractivity contribution < 1.29 is 29.3 Å². The minimum atomic E-state index is -0.572. The van der Waals surface area contributed by atoms with Gasteiger partial charge in [0.25, 0.3) is 0 Å². The minimum absolute atomic E-state index is 0.00821. The lowest BCUT2D eigenvalue weighted by atomic mass is 9.97. The molecule has 2 amide bonds. The van der Waals surface area contributed by atoms with Gasteiger partial charge in [0.2, 0.25) is 11.8 Å². The second kappa shape index (κ2) is 17.6. The molecule has 0 radical (unpaired) electrons. The summed E-state index contributed by atoms with van der Waals surface area (Å²) >= 11 is 0. The number of nitrogen functional groups attached to an aromatic ring is 1. The van der Waals surface area contributed by atoms with E-state index < -0.39 is 6.29 Å². The van der Waals surface area contributed by atoms with Crippen LogP contribution in [0.1, 0.15) is 73.2 Å². The van der Waals surface area contributed by atoms with Gasteiger partial charge in [0, 0.05) is 44.0 Å². The number of aliphatic hydroxyl groups is 2. The molecule has 0 aliphatic carbocycles. The summed E-state index contributed by atoms with van der Waals surface area (Å²) < 4.78 is 13.1. The molecule has 2 saturated heterocycles. The highest BCUT2D eigenvalue weighted by atomic mass is 16.7. The molecule has 6 rings (SSSR count). The maximum absolute atomic E-state index is 12.7. The van der Waals surface area contributed by atoms with Crippen LogP contribution in [0, 0.1) is 0 Å². The quantitative estimate of drug-likeness (QED) is 0.103. The molecular formula is C41H48N4O6. The van der Waals surface area contributed by atoms with Gasteiger partial charge in [-0.1, -0.05) is 84.9 Å². The van der Waals surface area contributed by atoms with Gasteiger partial charge in [-0.3, -0.25) is 14.5 Å². The molecule has 2 aliphatic heterocycles. The molecule has 4 aromatic rings. The topological polar surface area (TPSA) is 146 Å². The third kappa shape index (κ3) is 9.61. The number of anilines is 2. The molecule has 0 unspecified atom stereocenters. The molecule has 4 aromatic carbocycles. The Bertz CT molecular complexity index is 1750. The zero-order valence-electron chi connectivity index (χ0n) is 28.9. The molecule has 268 valence electrons. The van der Waals surface area contributed by atoms with Crippen LogP contribution in [-0.4, -0.2) is 58.8 Å². The van der Waals surface area contributed by atoms with Crippen LogP contribution >= 0.6 is 0 Å². The second-order valence-electron chi connectivity index (χ2n) is 13.4. The van der Waals surface area contributed by atoms with Gasteiger partial charge in [-0.25, -0.2) is 0 Å². The van der Waals surface area contributed by atoms with Crippen LogP contribution in [0.3, 0.4) is 0 Å². The molecule has 0 saturated carbocycles. The van der Waals surface area contributed by atoms with Crippen molar-refractivity contribution in [1.29, 1.82) is 0 Å². The standard InChI is InChI=1S/C41H48N4O6/c42-36-10-3-4-11-37(36)44-40(49)13-5-12-39(48)43-24-32-7-1-2-9-35(32)29-18-20-31(21-19-29)41-50-34(25-45-22-6-8-33(45)27-47)23-38(51-41)30-16-14-28(26-46)15-17-30/h1-4,7,9-11,14-21,33-34,38,41,46-47H,5-6,8,12-13,22-27,42H2,(H,43,48)(H,44,49)/t33-,34+,38-,41-/m0/s1. The number of nitrogens with zero attached hydrogens (tertiary/aromatic N) is 1. The van der Waals surface area contributed by atoms with E-state index in [1.54, 1.807) is 18.2 Å². The first-order valence-electron chi connectivity index (χ1n) is 17.8. The lowest BCUT2D eigenvalue weighted by molar-refractivity contribution is -0.253. The summed E-state index contributed by atoms with van der Waals surface area (Å²) in [5, 5.41) is 25.3. The third-order valence-electron chi connectivity index (χ3n) is 9.79. The Morgan fingerprint density at radius 1 is 0.843 bits per heavy atom. The fourth-order valence-electron chi connectivity index (χ4n) is 6.93. The van der Waals surface area contributed by atoms with Gasteiger partial charge in [0.05, 0.1) is 36.8 Å². The lowest BCUT2D eigenvalue weighted by Gasteiger charge is -2.38. The first kappa shape index (κ1) is 36.2. The number of rotatable bonds is 14. The molecule has 6 N–H and O–H groups in total. The number of nitrogens with two attached hydrogens (primary N) is 1. The average molecular weight is 693 g/mol. The number of benzene rings is 4. The maximum atomic E-state index is 12.7. The predicted molar refractivity (Wildman–Crippen MR) is 197 cm³/mol. The van der Waals surface area contributed by atoms with Crippen molar-refractivity contribution in [2.75, 3.05) is 30.7 Å². The summed E-state index contributed by atoms with van der Waals surface area (Å²) in [6, 6.07) is 31.3. The second-order valence-corrected chi connectivity index (χ2v) is 13.4. The maximum Gasteiger partial charge on any atom is 0.224 e. The number of nitrogens with one attached hydrogen (secondary N) is 2. The first-order chi connectivity index (χ1) is 24.9. The van der Waals surface area contributed by atoms with E-state index in [1.807, 2.05) is 66.7 Å². The molecule has 10 heteroatoms. The van der Waals surface area contributed by atoms with Crippen molar-refractivity contribution in [3.63, 3.8) is 0 Å². The van der Waals surface area contributed by atoms with Crippen LogP contribution < -0.4 is 16.4 Å². The highest BCUT2D eigenvalue weighted by molar-refractivity contribution is 5.94. The Morgan fingerprint density at radius 3 is 2.33 bits per heavy atom. The summed E-state index contributed by atoms with van der Waals surface area (Å²) in [5.74, 6) is -0.295. The Labute approximate surface area is 299 Å². The number of hydrogen-bond donors (Lipinski definition) is 5. The van der Waals surface area contributed by atoms with Crippen LogP contribution in [0.25, 0.3) is 11.1 Å². The van der Waals surface area contributed by atoms with Gasteiger partial charge < -0.3 is 36.1 Å². The molecule has 2 aliphatic rings. The molecule has 4 atom stereocenters. The van der Waals surface area contributed by atoms with E-state index in [9.17, 15) is 19.8 Å². The number of aliphatic hydroxyl groups excluding tert-OH is 2. The Hall–Kier alpha value is -4.58. The summed E-state index contributed by atoms with van der Waals surface area (Å²) in [6.07, 6.45) is 2.80. The number of likely N-dealkylation sites (tertiary alicyclic amines) is 1. The van der Waals surface area contributed by atoms with E-state index in [1.165, 1.54) is 0 Å². The Kier molecular flexibility index (Phi) is 12.5. The molecule has 2 fully saturated rings. The largest absolute Gasteiger partial charge is 0.397 e. The third-order valence-corrected chi connectivity index (χ3v) is 9.79. The fourth-order valence-corrected chi connectivity index (χ4v) is 6.93. The van der Waals surface area contributed by atoms with Crippen molar-refractivity contribution in [2.24, 2.45) is 0 Å². The van der Waals surface area contributed by atoms with E-state index in [0.29, 0.717) is 30.8 Å². The Morgan fingerprint density at radius 2 is 1.57 bits per heavy atom. The molecule has 2 heterocycles. The van der Waals surface area contributed by atoms with Gasteiger partial charge in [0.1, 0.15) is 0 Å². The van der Waals surface area contributed by atoms with Crippen molar-refractivity contribution in [2.45, 2.75) is 76.2 Å². The highest BCUT2D eigenvalue weighted by Crippen LogP contribution is 2.39. The van der Waals surface area contributed by atoms with Gasteiger partial charge in [-0.05, 0) is 65.8 Å². The summed E-state index contributed by atoms with van der Waals surface area (Å²) in [5.41, 5.74) is 12.8. The first-order valence-corrected chi connectivity index (χ1v) is 17.8. The predicted octanol–water partition coefficient (Wildman–Crippen LogP) is 5.86. The van der Waals surface area contributed by atoms with Crippen LogP contribution in [0.15, 0.2) is 97.1 Å². The smallest absolute Gasteiger partial charge is 0.224 e. The molecule has 0 bridgehead atoms. The molecule has 51 heavy (non-hydrogen) atoms. The monoisotopic (exact) mass is 692 g/mol. The number of carbonyl (C=O) groups is 2. The van der Waals surface area contributed by atoms with Crippen LogP contribution in [0.2, 0.25) is 0 Å². The number of amides is 2. The van der Waals surface area contributed by atoms with E-state index in [2.05, 4.69) is 27.7 Å². The fraction of sp³-hybridized carbons (Fsp3) is 0.366. The van der Waals surface area contributed by atoms with E-state index >= 15 is 0 Å². The zero-order valence-corrected chi connectivity index (χ0v) is 28.9. The molecule has 0 spiro atoms. The van der Waals surface area contributed by atoms with Crippen LogP contribution in [0.5, 0.6) is 0 Å². The number of ether oxygens (including phenoxy) is 2. The average Bonchev–Trinajstić information content (AvgIpc) is 3.62. The van der Waals surface area contributed by atoms with Gasteiger partial charge in [-0.2, -0.15) is 0 Å². The van der Waals surface area contributed by atoms with Crippen LogP contribution in [-0.2, 0) is 32.2 Å². The van der Waals surface area contributed by atoms with Gasteiger partial charge in [-0.15, -0.1) is 0 Å². The van der Waals surface area contributed by atoms with Gasteiger partial charge in [0.15, 0.2) is 6.29 Å². The van der Waals surface area contributed by atoms with Crippen molar-refractivity contribution in [1.82, 2.24) is 10.2 Å². The lowest BCUT2D eigenvalue weighted by Crippen LogP contribution is -2.42. The van der Waals surface area contributed by atoms with Crippen molar-refractivity contribution >= 4 is 23.2 Å². The normalized spacial score (nSPS) is 20.6. The molecular weight excluding hydrogens is 644 g/mol. The summed E-state index contributed by atoms with van der Waals surface area (Å²) in [7, 11) is 0. The highest BCUT2D eigenvalue weighted by Gasteiger charge is 2.35. The summed E-state index contributed by atoms with van der Waals surface area (Å²) in [4.78, 5) is 27.4. The van der Waals surface area contributed by atoms with E-state index in [-0.39, 0.29) is 56.1 Å². The van der Waals surface area contributed by atoms with E-state index in [4.69, 9.17) is 15.2 Å². The van der Waals surface area contributed by atoms with Crippen molar-refractivity contribution in [3.05, 3.63) is 119 Å². The van der Waals surface area contributed by atoms with E-state index in [0.717, 1.165) is 59.3 Å². The molecule has 10 nitrogen and oxygen atoms in total. The Balaban J connectivity index is 1.08. The molecule has 0 aromatic heterocycles. The van der Waals surface area contributed by atoms with Crippen LogP contribution in [0.4, 0.5) is 11.4 Å². The summed E-state index contributed by atoms with van der Waals surface area (Å²) in [6.45, 7) is 2.18.